The van der Waals surface area contributed by atoms with E-state index < -0.39 is 20.5 Å². The van der Waals surface area contributed by atoms with E-state index in [4.69, 9.17) is 4.52 Å². The number of rotatable bonds is 4. The average Bonchev–Trinajstić information content (AvgIpc) is 3.10. The van der Waals surface area contributed by atoms with E-state index in [1.165, 1.54) is 26.1 Å². The van der Waals surface area contributed by atoms with Crippen LogP contribution >= 0.6 is 0 Å². The Morgan fingerprint density at radius 3 is 2.39 bits per heavy atom. The minimum Gasteiger partial charge on any atom is -0.359 e. The van der Waals surface area contributed by atoms with Gasteiger partial charge in [0.05, 0.1) is 10.4 Å². The van der Waals surface area contributed by atoms with Crippen molar-refractivity contribution in [3.05, 3.63) is 48.4 Å². The van der Waals surface area contributed by atoms with Gasteiger partial charge < -0.3 is 9.84 Å². The number of nitrogens with zero attached hydrogens (tertiary/aromatic N) is 2. The van der Waals surface area contributed by atoms with E-state index in [1.54, 1.807) is 30.3 Å². The monoisotopic (exact) mass is 401 g/mol. The lowest BCUT2D eigenvalue weighted by Crippen LogP contribution is -2.44. The number of fused-ring (bicyclic) bond motifs is 1. The molecule has 0 aliphatic heterocycles. The normalized spacial score (nSPS) is 12.9. The Kier molecular flexibility index (Phi) is 4.79. The van der Waals surface area contributed by atoms with Gasteiger partial charge in [0.1, 0.15) is 10.5 Å². The number of carbonyl (C=O) groups excluding carboxylic acids is 1. The van der Waals surface area contributed by atoms with Crippen LogP contribution in [-0.4, -0.2) is 29.2 Å². The van der Waals surface area contributed by atoms with Crippen LogP contribution in [0.4, 0.5) is 5.82 Å². The fourth-order valence-corrected chi connectivity index (χ4v) is 4.17. The van der Waals surface area contributed by atoms with Gasteiger partial charge in [-0.2, -0.15) is 0 Å². The molecule has 0 aliphatic rings. The van der Waals surface area contributed by atoms with Crippen molar-refractivity contribution in [2.75, 3.05) is 5.32 Å². The molecule has 28 heavy (non-hydrogen) atoms. The van der Waals surface area contributed by atoms with Gasteiger partial charge in [0.15, 0.2) is 15.7 Å². The first-order chi connectivity index (χ1) is 12.9. The standard InChI is InChI=1S/C20H23N3O4S/c1-19(2,3)15-12-16(23-27-15)22-18(24)20(4,5)28(25,26)14-10-6-8-13-9-7-11-21-17(13)14/h6-12H,1-5H3,(H,22,23,24). The highest BCUT2D eigenvalue weighted by Gasteiger charge is 2.44. The van der Waals surface area contributed by atoms with Gasteiger partial charge in [-0.25, -0.2) is 8.42 Å². The molecule has 8 heteroatoms. The number of carbonyl (C=O) groups is 1. The third kappa shape index (κ3) is 3.40. The van der Waals surface area contributed by atoms with E-state index in [0.717, 1.165) is 0 Å². The maximum Gasteiger partial charge on any atom is 0.246 e. The summed E-state index contributed by atoms with van der Waals surface area (Å²) in [7, 11) is -4.04. The molecule has 0 saturated carbocycles. The molecule has 1 aromatic carbocycles. The fraction of sp³-hybridized carbons (Fsp3) is 0.350. The van der Waals surface area contributed by atoms with Gasteiger partial charge in [-0.3, -0.25) is 9.78 Å². The van der Waals surface area contributed by atoms with Crippen molar-refractivity contribution in [1.82, 2.24) is 10.1 Å². The Balaban J connectivity index is 1.96. The first-order valence-electron chi connectivity index (χ1n) is 8.81. The third-order valence-corrected chi connectivity index (χ3v) is 7.03. The zero-order chi connectivity index (χ0) is 20.7. The molecule has 2 heterocycles. The summed E-state index contributed by atoms with van der Waals surface area (Å²) in [4.78, 5) is 17.1. The summed E-state index contributed by atoms with van der Waals surface area (Å²) in [5.74, 6) is 0.0603. The van der Waals surface area contributed by atoms with Gasteiger partial charge in [-0.15, -0.1) is 0 Å². The molecule has 0 spiro atoms. The van der Waals surface area contributed by atoms with Crippen LogP contribution < -0.4 is 5.32 Å². The van der Waals surface area contributed by atoms with Crippen molar-refractivity contribution in [3.63, 3.8) is 0 Å². The third-order valence-electron chi connectivity index (χ3n) is 4.59. The lowest BCUT2D eigenvalue weighted by molar-refractivity contribution is -0.117. The fourth-order valence-electron chi connectivity index (χ4n) is 2.64. The highest BCUT2D eigenvalue weighted by molar-refractivity contribution is 7.93. The van der Waals surface area contributed by atoms with Gasteiger partial charge in [0.25, 0.3) is 0 Å². The number of hydrogen-bond donors (Lipinski definition) is 1. The Morgan fingerprint density at radius 2 is 1.75 bits per heavy atom. The molecule has 0 fully saturated rings. The maximum atomic E-state index is 13.3. The maximum absolute atomic E-state index is 13.3. The van der Waals surface area contributed by atoms with Crippen LogP contribution in [0.3, 0.4) is 0 Å². The van der Waals surface area contributed by atoms with Crippen molar-refractivity contribution >= 4 is 32.5 Å². The summed E-state index contributed by atoms with van der Waals surface area (Å²) in [5.41, 5.74) is 0.0500. The van der Waals surface area contributed by atoms with Crippen LogP contribution in [0.2, 0.25) is 0 Å². The summed E-state index contributed by atoms with van der Waals surface area (Å²) in [6, 6.07) is 9.98. The molecule has 148 valence electrons. The molecule has 0 saturated heterocycles. The Bertz CT molecular complexity index is 1140. The number of benzene rings is 1. The smallest absolute Gasteiger partial charge is 0.246 e. The Labute approximate surface area is 164 Å². The minimum atomic E-state index is -4.04. The summed E-state index contributed by atoms with van der Waals surface area (Å²) in [6.45, 7) is 8.57. The summed E-state index contributed by atoms with van der Waals surface area (Å²) in [6.07, 6.45) is 1.53. The second kappa shape index (κ2) is 6.70. The molecule has 0 aliphatic carbocycles. The zero-order valence-electron chi connectivity index (χ0n) is 16.5. The largest absolute Gasteiger partial charge is 0.359 e. The van der Waals surface area contributed by atoms with Crippen molar-refractivity contribution in [3.8, 4) is 0 Å². The van der Waals surface area contributed by atoms with Crippen LogP contribution in [-0.2, 0) is 20.0 Å². The first kappa shape index (κ1) is 20.0. The quantitative estimate of drug-likeness (QED) is 0.715. The van der Waals surface area contributed by atoms with Gasteiger partial charge in [0.2, 0.25) is 5.91 Å². The number of hydrogen-bond acceptors (Lipinski definition) is 6. The molecule has 2 aromatic heterocycles. The van der Waals surface area contributed by atoms with E-state index in [9.17, 15) is 13.2 Å². The van der Waals surface area contributed by atoms with Crippen LogP contribution in [0.1, 0.15) is 40.4 Å². The second-order valence-corrected chi connectivity index (χ2v) is 10.6. The molecule has 7 nitrogen and oxygen atoms in total. The van der Waals surface area contributed by atoms with Crippen molar-refractivity contribution in [2.45, 2.75) is 49.7 Å². The number of para-hydroxylation sites is 1. The Hall–Kier alpha value is -2.74. The molecule has 1 N–H and O–H groups in total. The highest BCUT2D eigenvalue weighted by atomic mass is 32.2. The lowest BCUT2D eigenvalue weighted by Gasteiger charge is -2.23. The van der Waals surface area contributed by atoms with Crippen LogP contribution in [0.5, 0.6) is 0 Å². The van der Waals surface area contributed by atoms with E-state index >= 15 is 0 Å². The summed E-state index contributed by atoms with van der Waals surface area (Å²) < 4.78 is 30.1. The predicted octanol–water partition coefficient (Wildman–Crippen LogP) is 3.71. The number of sulfone groups is 1. The van der Waals surface area contributed by atoms with Crippen molar-refractivity contribution in [2.24, 2.45) is 0 Å². The zero-order valence-corrected chi connectivity index (χ0v) is 17.3. The van der Waals surface area contributed by atoms with Gasteiger partial charge >= 0.3 is 0 Å². The Morgan fingerprint density at radius 1 is 1.07 bits per heavy atom. The molecule has 0 unspecified atom stereocenters. The van der Waals surface area contributed by atoms with Gasteiger partial charge in [-0.05, 0) is 26.0 Å². The lowest BCUT2D eigenvalue weighted by atomic mass is 9.93. The van der Waals surface area contributed by atoms with E-state index in [-0.39, 0.29) is 16.1 Å². The van der Waals surface area contributed by atoms with Crippen LogP contribution in [0.15, 0.2) is 52.0 Å². The van der Waals surface area contributed by atoms with Crippen molar-refractivity contribution in [1.29, 1.82) is 0 Å². The molecule has 0 bridgehead atoms. The van der Waals surface area contributed by atoms with Crippen LogP contribution in [0.25, 0.3) is 10.9 Å². The molecule has 3 rings (SSSR count). The SMILES string of the molecule is CC(C)(C)c1cc(NC(=O)C(C)(C)S(=O)(=O)c2cccc3cccnc23)no1. The number of nitrogens with one attached hydrogen (secondary N) is 1. The average molecular weight is 401 g/mol. The molecule has 0 atom stereocenters. The van der Waals surface area contributed by atoms with Crippen LogP contribution in [0, 0.1) is 0 Å². The van der Waals surface area contributed by atoms with E-state index in [1.807, 2.05) is 20.8 Å². The minimum absolute atomic E-state index is 0.0151. The molecule has 3 aromatic rings. The molecular formula is C20H23N3O4S. The van der Waals surface area contributed by atoms with Gasteiger partial charge in [-0.1, -0.05) is 44.1 Å². The second-order valence-electron chi connectivity index (χ2n) is 8.13. The van der Waals surface area contributed by atoms with Crippen molar-refractivity contribution < 1.29 is 17.7 Å². The molecule has 1 amide bonds. The first-order valence-corrected chi connectivity index (χ1v) is 10.3. The predicted molar refractivity (Wildman–Crippen MR) is 107 cm³/mol. The highest BCUT2D eigenvalue weighted by Crippen LogP contribution is 2.31. The number of pyridine rings is 1. The van der Waals surface area contributed by atoms with Gasteiger partial charge in [0, 0.05) is 23.1 Å². The number of aromatic nitrogens is 2. The molecule has 0 radical (unpaired) electrons. The number of amides is 1. The van der Waals surface area contributed by atoms with E-state index in [2.05, 4.69) is 15.5 Å². The summed E-state index contributed by atoms with van der Waals surface area (Å²) >= 11 is 0. The number of anilines is 1. The molecular weight excluding hydrogens is 378 g/mol. The van der Waals surface area contributed by atoms with E-state index in [0.29, 0.717) is 16.7 Å². The topological polar surface area (TPSA) is 102 Å². The summed E-state index contributed by atoms with van der Waals surface area (Å²) in [5, 5.41) is 7.07.